The first kappa shape index (κ1) is 12.5. The Labute approximate surface area is 119 Å². The van der Waals surface area contributed by atoms with E-state index in [1.165, 1.54) is 3.57 Å². The SMILES string of the molecule is CSc1ncccc1C#Cc1ccccc1I. The van der Waals surface area contributed by atoms with Crippen molar-refractivity contribution in [2.75, 3.05) is 6.26 Å². The summed E-state index contributed by atoms with van der Waals surface area (Å²) < 4.78 is 1.17. The number of rotatable bonds is 1. The van der Waals surface area contributed by atoms with Gasteiger partial charge in [0.05, 0.1) is 5.56 Å². The van der Waals surface area contributed by atoms with Crippen LogP contribution in [0.15, 0.2) is 47.6 Å². The number of benzene rings is 1. The molecule has 0 atom stereocenters. The summed E-state index contributed by atoms with van der Waals surface area (Å²) >= 11 is 3.92. The number of pyridine rings is 1. The van der Waals surface area contributed by atoms with Crippen LogP contribution in [0, 0.1) is 15.4 Å². The van der Waals surface area contributed by atoms with Crippen molar-refractivity contribution in [2.45, 2.75) is 5.03 Å². The molecule has 0 saturated heterocycles. The number of hydrogen-bond donors (Lipinski definition) is 0. The highest BCUT2D eigenvalue weighted by Crippen LogP contribution is 2.16. The van der Waals surface area contributed by atoms with Crippen molar-refractivity contribution in [3.63, 3.8) is 0 Å². The van der Waals surface area contributed by atoms with Crippen molar-refractivity contribution in [2.24, 2.45) is 0 Å². The lowest BCUT2D eigenvalue weighted by molar-refractivity contribution is 1.12. The van der Waals surface area contributed by atoms with Crippen LogP contribution < -0.4 is 0 Å². The summed E-state index contributed by atoms with van der Waals surface area (Å²) in [6.45, 7) is 0. The number of aromatic nitrogens is 1. The van der Waals surface area contributed by atoms with Gasteiger partial charge >= 0.3 is 0 Å². The van der Waals surface area contributed by atoms with E-state index in [-0.39, 0.29) is 0 Å². The van der Waals surface area contributed by atoms with Crippen molar-refractivity contribution in [1.82, 2.24) is 4.98 Å². The molecule has 2 aromatic rings. The van der Waals surface area contributed by atoms with E-state index in [2.05, 4.69) is 45.5 Å². The van der Waals surface area contributed by atoms with Gasteiger partial charge < -0.3 is 0 Å². The van der Waals surface area contributed by atoms with Crippen LogP contribution in [-0.4, -0.2) is 11.2 Å². The molecule has 3 heteroatoms. The quantitative estimate of drug-likeness (QED) is 0.440. The van der Waals surface area contributed by atoms with E-state index in [1.807, 2.05) is 36.6 Å². The summed E-state index contributed by atoms with van der Waals surface area (Å²) in [6, 6.07) is 12.0. The highest BCUT2D eigenvalue weighted by molar-refractivity contribution is 14.1. The molecular weight excluding hydrogens is 341 g/mol. The zero-order chi connectivity index (χ0) is 12.1. The van der Waals surface area contributed by atoms with Gasteiger partial charge in [0.15, 0.2) is 0 Å². The van der Waals surface area contributed by atoms with Gasteiger partial charge in [-0.1, -0.05) is 24.0 Å². The Balaban J connectivity index is 2.37. The Hall–Kier alpha value is -0.990. The molecule has 0 aliphatic carbocycles. The Kier molecular flexibility index (Phi) is 4.46. The van der Waals surface area contributed by atoms with Crippen LogP contribution in [0.1, 0.15) is 11.1 Å². The third-order valence-electron chi connectivity index (χ3n) is 2.17. The molecule has 84 valence electrons. The number of halogens is 1. The minimum atomic E-state index is 0.978. The van der Waals surface area contributed by atoms with E-state index in [9.17, 15) is 0 Å². The molecule has 0 N–H and O–H groups in total. The van der Waals surface area contributed by atoms with E-state index in [0.29, 0.717) is 0 Å². The largest absolute Gasteiger partial charge is 0.249 e. The summed E-state index contributed by atoms with van der Waals surface area (Å²) in [5.74, 6) is 6.38. The highest BCUT2D eigenvalue weighted by atomic mass is 127. The summed E-state index contributed by atoms with van der Waals surface area (Å²) in [5, 5.41) is 0.978. The lowest BCUT2D eigenvalue weighted by Crippen LogP contribution is -1.85. The molecule has 0 fully saturated rings. The molecule has 1 nitrogen and oxygen atoms in total. The third kappa shape index (κ3) is 3.24. The van der Waals surface area contributed by atoms with Crippen molar-refractivity contribution >= 4 is 34.4 Å². The zero-order valence-corrected chi connectivity index (χ0v) is 12.2. The molecule has 0 aliphatic heterocycles. The number of hydrogen-bond acceptors (Lipinski definition) is 2. The predicted molar refractivity (Wildman–Crippen MR) is 81.2 cm³/mol. The van der Waals surface area contributed by atoms with E-state index in [1.54, 1.807) is 18.0 Å². The minimum Gasteiger partial charge on any atom is -0.249 e. The van der Waals surface area contributed by atoms with Gasteiger partial charge in [-0.05, 0) is 53.1 Å². The van der Waals surface area contributed by atoms with Crippen LogP contribution in [0.3, 0.4) is 0 Å². The summed E-state index contributed by atoms with van der Waals surface area (Å²) in [5.41, 5.74) is 2.05. The Bertz CT molecular complexity index is 584. The van der Waals surface area contributed by atoms with Crippen LogP contribution in [0.2, 0.25) is 0 Å². The van der Waals surface area contributed by atoms with Gasteiger partial charge in [0, 0.05) is 15.3 Å². The molecule has 1 heterocycles. The van der Waals surface area contributed by atoms with Crippen LogP contribution in [0.5, 0.6) is 0 Å². The first-order valence-electron chi connectivity index (χ1n) is 5.07. The molecule has 0 saturated carbocycles. The second-order valence-electron chi connectivity index (χ2n) is 3.29. The maximum atomic E-state index is 4.29. The van der Waals surface area contributed by atoms with Crippen LogP contribution in [0.4, 0.5) is 0 Å². The smallest absolute Gasteiger partial charge is 0.111 e. The van der Waals surface area contributed by atoms with E-state index in [4.69, 9.17) is 0 Å². The third-order valence-corrected chi connectivity index (χ3v) is 3.82. The fourth-order valence-electron chi connectivity index (χ4n) is 1.35. The summed E-state index contributed by atoms with van der Waals surface area (Å²) in [7, 11) is 0. The molecule has 0 amide bonds. The lowest BCUT2D eigenvalue weighted by Gasteiger charge is -1.98. The van der Waals surface area contributed by atoms with Crippen LogP contribution >= 0.6 is 34.4 Å². The normalized spacial score (nSPS) is 9.53. The van der Waals surface area contributed by atoms with Gasteiger partial charge in [0.25, 0.3) is 0 Å². The van der Waals surface area contributed by atoms with Crippen molar-refractivity contribution < 1.29 is 0 Å². The van der Waals surface area contributed by atoms with Gasteiger partial charge in [0.1, 0.15) is 5.03 Å². The first-order valence-corrected chi connectivity index (χ1v) is 7.37. The minimum absolute atomic E-state index is 0.978. The maximum absolute atomic E-state index is 4.29. The number of thioether (sulfide) groups is 1. The van der Waals surface area contributed by atoms with E-state index in [0.717, 1.165) is 16.2 Å². The van der Waals surface area contributed by atoms with E-state index < -0.39 is 0 Å². The lowest BCUT2D eigenvalue weighted by atomic mass is 10.2. The molecule has 0 spiro atoms. The fourth-order valence-corrected chi connectivity index (χ4v) is 2.37. The number of nitrogens with zero attached hydrogens (tertiary/aromatic N) is 1. The second-order valence-corrected chi connectivity index (χ2v) is 5.25. The Morgan fingerprint density at radius 3 is 2.53 bits per heavy atom. The molecule has 0 bridgehead atoms. The molecule has 1 aromatic heterocycles. The van der Waals surface area contributed by atoms with Gasteiger partial charge in [-0.2, -0.15) is 0 Å². The molecule has 0 radical (unpaired) electrons. The van der Waals surface area contributed by atoms with E-state index >= 15 is 0 Å². The summed E-state index contributed by atoms with van der Waals surface area (Å²) in [4.78, 5) is 4.29. The molecular formula is C14H10INS. The second kappa shape index (κ2) is 6.08. The first-order chi connectivity index (χ1) is 8.31. The predicted octanol–water partition coefficient (Wildman–Crippen LogP) is 3.81. The van der Waals surface area contributed by atoms with Gasteiger partial charge in [-0.3, -0.25) is 0 Å². The zero-order valence-electron chi connectivity index (χ0n) is 9.27. The van der Waals surface area contributed by atoms with Crippen LogP contribution in [-0.2, 0) is 0 Å². The van der Waals surface area contributed by atoms with Crippen molar-refractivity contribution in [3.05, 3.63) is 57.3 Å². The Morgan fingerprint density at radius 2 is 1.76 bits per heavy atom. The fraction of sp³-hybridized carbons (Fsp3) is 0.0714. The molecule has 0 unspecified atom stereocenters. The average Bonchev–Trinajstić information content (AvgIpc) is 2.38. The maximum Gasteiger partial charge on any atom is 0.111 e. The molecule has 0 aliphatic rings. The van der Waals surface area contributed by atoms with Gasteiger partial charge in [-0.15, -0.1) is 11.8 Å². The van der Waals surface area contributed by atoms with Crippen LogP contribution in [0.25, 0.3) is 0 Å². The highest BCUT2D eigenvalue weighted by Gasteiger charge is 1.98. The summed E-state index contributed by atoms with van der Waals surface area (Å²) in [6.07, 6.45) is 3.81. The van der Waals surface area contributed by atoms with Crippen molar-refractivity contribution in [1.29, 1.82) is 0 Å². The van der Waals surface area contributed by atoms with Gasteiger partial charge in [-0.25, -0.2) is 4.98 Å². The standard InChI is InChI=1S/C14H10INS/c1-17-14-12(6-4-10-16-14)9-8-11-5-2-3-7-13(11)15/h2-7,10H,1H3. The average molecular weight is 351 g/mol. The molecule has 2 rings (SSSR count). The van der Waals surface area contributed by atoms with Gasteiger partial charge in [0.2, 0.25) is 0 Å². The monoisotopic (exact) mass is 351 g/mol. The van der Waals surface area contributed by atoms with Crippen molar-refractivity contribution in [3.8, 4) is 11.8 Å². The topological polar surface area (TPSA) is 12.9 Å². The molecule has 1 aromatic carbocycles. The Morgan fingerprint density at radius 1 is 1.06 bits per heavy atom. The molecule has 17 heavy (non-hydrogen) atoms.